The van der Waals surface area contributed by atoms with Gasteiger partial charge in [-0.25, -0.2) is 0 Å². The first-order chi connectivity index (χ1) is 9.47. The molecule has 2 rings (SSSR count). The van der Waals surface area contributed by atoms with Gasteiger partial charge >= 0.3 is 0 Å². The van der Waals surface area contributed by atoms with Crippen molar-refractivity contribution in [1.29, 1.82) is 0 Å². The molecular weight excluding hydrogens is 276 g/mol. The van der Waals surface area contributed by atoms with Gasteiger partial charge in [-0.3, -0.25) is 0 Å². The molecule has 0 amide bonds. The van der Waals surface area contributed by atoms with Gasteiger partial charge in [0.15, 0.2) is 0 Å². The van der Waals surface area contributed by atoms with E-state index in [0.717, 1.165) is 11.5 Å². The Bertz CT molecular complexity index is 552. The Hall–Kier alpha value is -0.993. The average Bonchev–Trinajstić information content (AvgIpc) is 2.40. The van der Waals surface area contributed by atoms with Gasteiger partial charge in [-0.1, -0.05) is 73.4 Å². The Kier molecular flexibility index (Phi) is 5.11. The van der Waals surface area contributed by atoms with Crippen LogP contribution in [0.3, 0.4) is 0 Å². The molecule has 0 atom stereocenters. The molecule has 0 radical (unpaired) electrons. The normalized spacial score (nSPS) is 11.6. The second-order valence-electron chi connectivity index (χ2n) is 6.37. The van der Waals surface area contributed by atoms with E-state index < -0.39 is 8.07 Å². The number of hydrogen-bond donors (Lipinski definition) is 0. The van der Waals surface area contributed by atoms with E-state index in [9.17, 15) is 0 Å². The van der Waals surface area contributed by atoms with Gasteiger partial charge in [-0.05, 0) is 23.6 Å². The van der Waals surface area contributed by atoms with Crippen LogP contribution in [-0.2, 0) is 11.5 Å². The van der Waals surface area contributed by atoms with Crippen molar-refractivity contribution in [2.24, 2.45) is 0 Å². The minimum atomic E-state index is -1.15. The fraction of sp³-hybridized carbons (Fsp3) is 0.333. The predicted molar refractivity (Wildman–Crippen MR) is 95.6 cm³/mol. The Labute approximate surface area is 128 Å². The predicted octanol–water partition coefficient (Wildman–Crippen LogP) is 4.97. The topological polar surface area (TPSA) is 0 Å². The first-order valence-electron chi connectivity index (χ1n) is 7.18. The number of benzene rings is 2. The molecule has 0 spiro atoms. The van der Waals surface area contributed by atoms with Crippen molar-refractivity contribution >= 4 is 25.0 Å². The van der Waals surface area contributed by atoms with Crippen LogP contribution in [0.1, 0.15) is 16.7 Å². The monoisotopic (exact) mass is 300 g/mol. The van der Waals surface area contributed by atoms with Crippen molar-refractivity contribution in [3.8, 4) is 0 Å². The fourth-order valence-corrected chi connectivity index (χ4v) is 4.39. The van der Waals surface area contributed by atoms with Crippen molar-refractivity contribution in [2.75, 3.05) is 0 Å². The zero-order valence-electron chi connectivity index (χ0n) is 12.9. The summed E-state index contributed by atoms with van der Waals surface area (Å²) < 4.78 is 0. The standard InChI is InChI=1S/C18H24SSi/c1-15-7-5-6-8-17(15)14-19-13-16-9-11-18(12-10-16)20(2,3)4/h5-12H,13-14H2,1-4H3. The van der Waals surface area contributed by atoms with Crippen LogP contribution >= 0.6 is 11.8 Å². The van der Waals surface area contributed by atoms with Gasteiger partial charge in [-0.2, -0.15) is 11.8 Å². The van der Waals surface area contributed by atoms with Crippen molar-refractivity contribution in [3.05, 3.63) is 65.2 Å². The highest BCUT2D eigenvalue weighted by atomic mass is 32.2. The average molecular weight is 301 g/mol. The Morgan fingerprint density at radius 1 is 0.850 bits per heavy atom. The largest absolute Gasteiger partial charge is 0.152 e. The molecule has 0 saturated heterocycles. The Morgan fingerprint density at radius 3 is 2.10 bits per heavy atom. The summed E-state index contributed by atoms with van der Waals surface area (Å²) in [6.07, 6.45) is 0. The smallest absolute Gasteiger partial charge is 0.0775 e. The molecule has 2 aromatic carbocycles. The van der Waals surface area contributed by atoms with Crippen molar-refractivity contribution in [2.45, 2.75) is 38.1 Å². The maximum absolute atomic E-state index is 2.40. The number of thioether (sulfide) groups is 1. The summed E-state index contributed by atoms with van der Waals surface area (Å²) in [6.45, 7) is 9.39. The molecule has 2 heteroatoms. The van der Waals surface area contributed by atoms with Crippen LogP contribution in [0.15, 0.2) is 48.5 Å². The summed E-state index contributed by atoms with van der Waals surface area (Å²) in [5, 5.41) is 1.55. The second-order valence-corrected chi connectivity index (χ2v) is 12.4. The van der Waals surface area contributed by atoms with Crippen LogP contribution in [0.5, 0.6) is 0 Å². The Morgan fingerprint density at radius 2 is 1.50 bits per heavy atom. The summed E-state index contributed by atoms with van der Waals surface area (Å²) in [4.78, 5) is 0. The second kappa shape index (κ2) is 6.64. The van der Waals surface area contributed by atoms with E-state index in [1.54, 1.807) is 5.19 Å². The van der Waals surface area contributed by atoms with Crippen LogP contribution in [0.2, 0.25) is 19.6 Å². The summed E-state index contributed by atoms with van der Waals surface area (Å²) in [5.74, 6) is 2.20. The molecular formula is C18H24SSi. The van der Waals surface area contributed by atoms with Gasteiger partial charge in [0.25, 0.3) is 0 Å². The number of aryl methyl sites for hydroxylation is 1. The van der Waals surface area contributed by atoms with E-state index in [4.69, 9.17) is 0 Å². The van der Waals surface area contributed by atoms with Gasteiger partial charge in [0.1, 0.15) is 0 Å². The van der Waals surface area contributed by atoms with Gasteiger partial charge < -0.3 is 0 Å². The quantitative estimate of drug-likeness (QED) is 0.702. The lowest BCUT2D eigenvalue weighted by molar-refractivity contribution is 1.30. The van der Waals surface area contributed by atoms with E-state index in [0.29, 0.717) is 0 Å². The van der Waals surface area contributed by atoms with Crippen LogP contribution in [0.4, 0.5) is 0 Å². The van der Waals surface area contributed by atoms with Gasteiger partial charge in [-0.15, -0.1) is 0 Å². The fourth-order valence-electron chi connectivity index (χ4n) is 2.15. The first-order valence-corrected chi connectivity index (χ1v) is 11.8. The molecule has 0 fully saturated rings. The van der Waals surface area contributed by atoms with E-state index >= 15 is 0 Å². The lowest BCUT2D eigenvalue weighted by Crippen LogP contribution is -2.37. The number of rotatable bonds is 5. The molecule has 0 saturated carbocycles. The molecule has 0 bridgehead atoms. The molecule has 0 aliphatic heterocycles. The lowest BCUT2D eigenvalue weighted by Gasteiger charge is -2.16. The van der Waals surface area contributed by atoms with Crippen LogP contribution < -0.4 is 5.19 Å². The van der Waals surface area contributed by atoms with Crippen LogP contribution in [0.25, 0.3) is 0 Å². The van der Waals surface area contributed by atoms with Gasteiger partial charge in [0.05, 0.1) is 8.07 Å². The molecule has 20 heavy (non-hydrogen) atoms. The Balaban J connectivity index is 1.90. The van der Waals surface area contributed by atoms with Crippen LogP contribution in [-0.4, -0.2) is 8.07 Å². The minimum absolute atomic E-state index is 1.10. The van der Waals surface area contributed by atoms with Gasteiger partial charge in [0.2, 0.25) is 0 Å². The van der Waals surface area contributed by atoms with Crippen molar-refractivity contribution < 1.29 is 0 Å². The summed E-state index contributed by atoms with van der Waals surface area (Å²) >= 11 is 2.00. The van der Waals surface area contributed by atoms with Crippen molar-refractivity contribution in [3.63, 3.8) is 0 Å². The summed E-state index contributed by atoms with van der Waals surface area (Å²) in [6, 6.07) is 17.9. The molecule has 0 N–H and O–H groups in total. The van der Waals surface area contributed by atoms with E-state index in [-0.39, 0.29) is 0 Å². The zero-order valence-corrected chi connectivity index (χ0v) is 14.8. The maximum atomic E-state index is 2.40. The van der Waals surface area contributed by atoms with Crippen LogP contribution in [0, 0.1) is 6.92 Å². The third-order valence-corrected chi connectivity index (χ3v) is 6.73. The highest BCUT2D eigenvalue weighted by Crippen LogP contribution is 2.19. The highest BCUT2D eigenvalue weighted by molar-refractivity contribution is 7.97. The zero-order chi connectivity index (χ0) is 14.6. The molecule has 0 aliphatic carbocycles. The van der Waals surface area contributed by atoms with E-state index in [1.165, 1.54) is 16.7 Å². The summed E-state index contributed by atoms with van der Waals surface area (Å²) in [5.41, 5.74) is 4.29. The third-order valence-electron chi connectivity index (χ3n) is 3.61. The molecule has 0 nitrogen and oxygen atoms in total. The molecule has 0 aromatic heterocycles. The first kappa shape index (κ1) is 15.4. The lowest BCUT2D eigenvalue weighted by atomic mass is 10.1. The maximum Gasteiger partial charge on any atom is 0.0775 e. The number of hydrogen-bond acceptors (Lipinski definition) is 1. The van der Waals surface area contributed by atoms with Crippen molar-refractivity contribution in [1.82, 2.24) is 0 Å². The molecule has 0 heterocycles. The molecule has 0 unspecified atom stereocenters. The van der Waals surface area contributed by atoms with Gasteiger partial charge in [0, 0.05) is 11.5 Å². The minimum Gasteiger partial charge on any atom is -0.152 e. The third kappa shape index (κ3) is 4.25. The SMILES string of the molecule is Cc1ccccc1CSCc1ccc([Si](C)(C)C)cc1. The summed E-state index contributed by atoms with van der Waals surface area (Å²) in [7, 11) is -1.15. The van der Waals surface area contributed by atoms with E-state index in [1.807, 2.05) is 11.8 Å². The van der Waals surface area contributed by atoms with E-state index in [2.05, 4.69) is 75.1 Å². The molecule has 106 valence electrons. The molecule has 0 aliphatic rings. The molecule has 2 aromatic rings. The highest BCUT2D eigenvalue weighted by Gasteiger charge is 2.15.